The number of aromatic nitrogens is 1. The third-order valence-corrected chi connectivity index (χ3v) is 3.22. The highest BCUT2D eigenvalue weighted by Gasteiger charge is 2.08. The van der Waals surface area contributed by atoms with Crippen molar-refractivity contribution in [2.45, 2.75) is 26.3 Å². The Morgan fingerprint density at radius 1 is 1.16 bits per heavy atom. The molecule has 0 unspecified atom stereocenters. The van der Waals surface area contributed by atoms with Crippen molar-refractivity contribution in [1.29, 1.82) is 0 Å². The van der Waals surface area contributed by atoms with Crippen LogP contribution < -0.4 is 5.32 Å². The third-order valence-electron chi connectivity index (χ3n) is 3.22. The molecule has 2 aromatic carbocycles. The van der Waals surface area contributed by atoms with Crippen molar-refractivity contribution in [3.8, 4) is 0 Å². The van der Waals surface area contributed by atoms with Crippen LogP contribution in [0.3, 0.4) is 0 Å². The summed E-state index contributed by atoms with van der Waals surface area (Å²) in [6, 6.07) is 12.9. The van der Waals surface area contributed by atoms with Gasteiger partial charge in [-0.25, -0.2) is 4.98 Å². The van der Waals surface area contributed by atoms with Crippen molar-refractivity contribution in [2.75, 3.05) is 6.54 Å². The van der Waals surface area contributed by atoms with Gasteiger partial charge in [-0.3, -0.25) is 0 Å². The molecule has 3 heteroatoms. The van der Waals surface area contributed by atoms with Crippen LogP contribution in [0.15, 0.2) is 40.8 Å². The fourth-order valence-corrected chi connectivity index (χ4v) is 2.28. The Bertz CT molecular complexity index is 700. The first kappa shape index (κ1) is 12.2. The lowest BCUT2D eigenvalue weighted by Gasteiger charge is -2.04. The van der Waals surface area contributed by atoms with E-state index in [2.05, 4.69) is 42.3 Å². The first-order valence-corrected chi connectivity index (χ1v) is 6.74. The zero-order valence-electron chi connectivity index (χ0n) is 11.3. The second kappa shape index (κ2) is 5.02. The number of nitrogens with zero attached hydrogens (tertiary/aromatic N) is 1. The predicted molar refractivity (Wildman–Crippen MR) is 78.4 cm³/mol. The lowest BCUT2D eigenvalue weighted by molar-refractivity contribution is 0.501. The smallest absolute Gasteiger partial charge is 0.196 e. The summed E-state index contributed by atoms with van der Waals surface area (Å²) >= 11 is 0. The molecule has 1 N–H and O–H groups in total. The maximum Gasteiger partial charge on any atom is 0.196 e. The molecule has 0 atom stereocenters. The predicted octanol–water partition coefficient (Wildman–Crippen LogP) is 3.52. The normalized spacial score (nSPS) is 11.7. The lowest BCUT2D eigenvalue weighted by Crippen LogP contribution is -2.24. The van der Waals surface area contributed by atoms with Crippen LogP contribution >= 0.6 is 0 Å². The van der Waals surface area contributed by atoms with E-state index in [-0.39, 0.29) is 0 Å². The van der Waals surface area contributed by atoms with E-state index in [0.717, 1.165) is 35.3 Å². The molecule has 3 aromatic rings. The van der Waals surface area contributed by atoms with Crippen molar-refractivity contribution in [2.24, 2.45) is 0 Å². The zero-order valence-corrected chi connectivity index (χ0v) is 11.3. The standard InChI is InChI=1S/C16H18N2O/c1-11(2)17-10-9-15-18-16-13-6-4-3-5-12(13)7-8-14(16)19-15/h3-8,11,17H,9-10H2,1-2H3. The third kappa shape index (κ3) is 2.47. The lowest BCUT2D eigenvalue weighted by atomic mass is 10.1. The van der Waals surface area contributed by atoms with Gasteiger partial charge in [-0.05, 0) is 11.5 Å². The van der Waals surface area contributed by atoms with Crippen molar-refractivity contribution in [1.82, 2.24) is 10.3 Å². The van der Waals surface area contributed by atoms with Crippen LogP contribution in [0.2, 0.25) is 0 Å². The molecule has 0 aliphatic rings. The van der Waals surface area contributed by atoms with Gasteiger partial charge < -0.3 is 9.73 Å². The van der Waals surface area contributed by atoms with Crippen LogP contribution in [0.25, 0.3) is 21.9 Å². The molecular formula is C16H18N2O. The van der Waals surface area contributed by atoms with Crippen LogP contribution in [0.4, 0.5) is 0 Å². The summed E-state index contributed by atoms with van der Waals surface area (Å²) in [7, 11) is 0. The molecule has 19 heavy (non-hydrogen) atoms. The average molecular weight is 254 g/mol. The highest BCUT2D eigenvalue weighted by atomic mass is 16.3. The molecule has 3 nitrogen and oxygen atoms in total. The largest absolute Gasteiger partial charge is 0.441 e. The van der Waals surface area contributed by atoms with E-state index < -0.39 is 0 Å². The Balaban J connectivity index is 1.94. The van der Waals surface area contributed by atoms with Crippen LogP contribution in [-0.2, 0) is 6.42 Å². The SMILES string of the molecule is CC(C)NCCc1nc2c(ccc3ccccc32)o1. The molecule has 3 rings (SSSR count). The molecule has 0 radical (unpaired) electrons. The Kier molecular flexibility index (Phi) is 3.22. The van der Waals surface area contributed by atoms with E-state index in [0.29, 0.717) is 6.04 Å². The topological polar surface area (TPSA) is 38.1 Å². The Labute approximate surface area is 112 Å². The summed E-state index contributed by atoms with van der Waals surface area (Å²) in [5.74, 6) is 0.805. The quantitative estimate of drug-likeness (QED) is 0.774. The fourth-order valence-electron chi connectivity index (χ4n) is 2.28. The summed E-state index contributed by atoms with van der Waals surface area (Å²) < 4.78 is 5.81. The van der Waals surface area contributed by atoms with Crippen molar-refractivity contribution >= 4 is 21.9 Å². The van der Waals surface area contributed by atoms with E-state index in [1.165, 1.54) is 5.39 Å². The van der Waals surface area contributed by atoms with Gasteiger partial charge in [0, 0.05) is 24.4 Å². The number of benzene rings is 2. The monoisotopic (exact) mass is 254 g/mol. The maximum atomic E-state index is 5.81. The van der Waals surface area contributed by atoms with Gasteiger partial charge in [0.2, 0.25) is 0 Å². The minimum Gasteiger partial charge on any atom is -0.441 e. The van der Waals surface area contributed by atoms with Gasteiger partial charge in [0.15, 0.2) is 11.5 Å². The summed E-state index contributed by atoms with van der Waals surface area (Å²) in [6.07, 6.45) is 0.821. The molecule has 0 saturated heterocycles. The number of rotatable bonds is 4. The molecule has 1 aromatic heterocycles. The molecule has 0 bridgehead atoms. The molecule has 0 saturated carbocycles. The molecule has 0 fully saturated rings. The molecule has 0 amide bonds. The molecular weight excluding hydrogens is 236 g/mol. The van der Waals surface area contributed by atoms with Crippen molar-refractivity contribution in [3.05, 3.63) is 42.3 Å². The highest BCUT2D eigenvalue weighted by Crippen LogP contribution is 2.25. The van der Waals surface area contributed by atoms with Gasteiger partial charge in [0.1, 0.15) is 5.52 Å². The van der Waals surface area contributed by atoms with E-state index in [1.54, 1.807) is 0 Å². The summed E-state index contributed by atoms with van der Waals surface area (Å²) in [5.41, 5.74) is 1.84. The maximum absolute atomic E-state index is 5.81. The number of oxazole rings is 1. The first-order valence-electron chi connectivity index (χ1n) is 6.74. The van der Waals surface area contributed by atoms with E-state index in [1.807, 2.05) is 18.2 Å². The summed E-state index contributed by atoms with van der Waals surface area (Å²) in [4.78, 5) is 4.63. The van der Waals surface area contributed by atoms with Crippen LogP contribution in [0.5, 0.6) is 0 Å². The minimum absolute atomic E-state index is 0.491. The van der Waals surface area contributed by atoms with Gasteiger partial charge in [-0.2, -0.15) is 0 Å². The first-order chi connectivity index (χ1) is 9.24. The van der Waals surface area contributed by atoms with E-state index >= 15 is 0 Å². The van der Waals surface area contributed by atoms with Gasteiger partial charge >= 0.3 is 0 Å². The number of hydrogen-bond acceptors (Lipinski definition) is 3. The number of fused-ring (bicyclic) bond motifs is 3. The number of nitrogens with one attached hydrogen (secondary N) is 1. The van der Waals surface area contributed by atoms with Crippen molar-refractivity contribution in [3.63, 3.8) is 0 Å². The van der Waals surface area contributed by atoms with Gasteiger partial charge in [-0.15, -0.1) is 0 Å². The molecule has 0 spiro atoms. The van der Waals surface area contributed by atoms with E-state index in [4.69, 9.17) is 4.42 Å². The van der Waals surface area contributed by atoms with Gasteiger partial charge in [0.05, 0.1) is 0 Å². The van der Waals surface area contributed by atoms with Gasteiger partial charge in [0.25, 0.3) is 0 Å². The van der Waals surface area contributed by atoms with Gasteiger partial charge in [-0.1, -0.05) is 44.2 Å². The second-order valence-corrected chi connectivity index (χ2v) is 5.10. The minimum atomic E-state index is 0.491. The molecule has 0 aliphatic heterocycles. The molecule has 98 valence electrons. The van der Waals surface area contributed by atoms with E-state index in [9.17, 15) is 0 Å². The molecule has 0 aliphatic carbocycles. The average Bonchev–Trinajstić information content (AvgIpc) is 2.81. The fraction of sp³-hybridized carbons (Fsp3) is 0.312. The Morgan fingerprint density at radius 2 is 2.00 bits per heavy atom. The summed E-state index contributed by atoms with van der Waals surface area (Å²) in [5, 5.41) is 5.74. The second-order valence-electron chi connectivity index (χ2n) is 5.10. The Morgan fingerprint density at radius 3 is 2.84 bits per heavy atom. The van der Waals surface area contributed by atoms with Crippen LogP contribution in [0.1, 0.15) is 19.7 Å². The number of hydrogen-bond donors (Lipinski definition) is 1. The highest BCUT2D eigenvalue weighted by molar-refractivity contribution is 6.03. The zero-order chi connectivity index (χ0) is 13.2. The summed E-state index contributed by atoms with van der Waals surface area (Å²) in [6.45, 7) is 5.17. The van der Waals surface area contributed by atoms with Crippen LogP contribution in [-0.4, -0.2) is 17.6 Å². The van der Waals surface area contributed by atoms with Crippen molar-refractivity contribution < 1.29 is 4.42 Å². The Hall–Kier alpha value is -1.87. The van der Waals surface area contributed by atoms with Crippen LogP contribution in [0, 0.1) is 0 Å². The molecule has 1 heterocycles.